The van der Waals surface area contributed by atoms with Gasteiger partial charge in [-0.15, -0.1) is 0 Å². The van der Waals surface area contributed by atoms with Crippen molar-refractivity contribution in [2.75, 3.05) is 13.1 Å². The zero-order valence-electron chi connectivity index (χ0n) is 10.6. The van der Waals surface area contributed by atoms with Crippen LogP contribution < -0.4 is 10.0 Å². The molecule has 1 aliphatic carbocycles. The summed E-state index contributed by atoms with van der Waals surface area (Å²) in [5, 5.41) is 3.14. The average molecular weight is 260 g/mol. The van der Waals surface area contributed by atoms with Gasteiger partial charge in [-0.25, -0.2) is 13.1 Å². The van der Waals surface area contributed by atoms with E-state index in [1.165, 1.54) is 6.42 Å². The van der Waals surface area contributed by atoms with Gasteiger partial charge in [0.15, 0.2) is 0 Å². The summed E-state index contributed by atoms with van der Waals surface area (Å²) in [5.41, 5.74) is 0. The average Bonchev–Trinajstić information content (AvgIpc) is 2.29. The summed E-state index contributed by atoms with van der Waals surface area (Å²) >= 11 is 0. The third kappa shape index (κ3) is 3.66. The van der Waals surface area contributed by atoms with Crippen molar-refractivity contribution in [3.05, 3.63) is 0 Å². The molecule has 1 heterocycles. The van der Waals surface area contributed by atoms with Gasteiger partial charge in [0.1, 0.15) is 0 Å². The van der Waals surface area contributed by atoms with Gasteiger partial charge in [0.25, 0.3) is 0 Å². The molecule has 2 aliphatic rings. The first-order chi connectivity index (χ1) is 8.08. The second-order valence-electron chi connectivity index (χ2n) is 5.62. The Bertz CT molecular complexity index is 336. The Balaban J connectivity index is 1.91. The summed E-state index contributed by atoms with van der Waals surface area (Å²) in [7, 11) is -3.10. The van der Waals surface area contributed by atoms with Gasteiger partial charge >= 0.3 is 0 Å². The first-order valence-corrected chi connectivity index (χ1v) is 8.34. The monoisotopic (exact) mass is 260 g/mol. The SMILES string of the molecule is CC1CNCC(NS(=O)(=O)C2CCCCC2)C1. The quantitative estimate of drug-likeness (QED) is 0.802. The highest BCUT2D eigenvalue weighted by Gasteiger charge is 2.30. The predicted octanol–water partition coefficient (Wildman–Crippen LogP) is 1.24. The fourth-order valence-corrected chi connectivity index (χ4v) is 4.74. The van der Waals surface area contributed by atoms with E-state index in [1.54, 1.807) is 0 Å². The molecule has 0 amide bonds. The molecule has 4 nitrogen and oxygen atoms in total. The van der Waals surface area contributed by atoms with Crippen molar-refractivity contribution in [3.8, 4) is 0 Å². The number of sulfonamides is 1. The fraction of sp³-hybridized carbons (Fsp3) is 1.00. The molecule has 0 aromatic carbocycles. The second-order valence-corrected chi connectivity index (χ2v) is 7.61. The van der Waals surface area contributed by atoms with E-state index in [4.69, 9.17) is 0 Å². The molecule has 2 N–H and O–H groups in total. The third-order valence-corrected chi connectivity index (χ3v) is 5.90. The lowest BCUT2D eigenvalue weighted by Gasteiger charge is -2.30. The van der Waals surface area contributed by atoms with E-state index < -0.39 is 10.0 Å². The number of piperidine rings is 1. The molecule has 2 unspecified atom stereocenters. The van der Waals surface area contributed by atoms with Crippen LogP contribution in [0.5, 0.6) is 0 Å². The summed E-state index contributed by atoms with van der Waals surface area (Å²) < 4.78 is 27.3. The zero-order chi connectivity index (χ0) is 12.3. The van der Waals surface area contributed by atoms with Crippen LogP contribution in [0.2, 0.25) is 0 Å². The maximum absolute atomic E-state index is 12.2. The Morgan fingerprint density at radius 3 is 2.47 bits per heavy atom. The Morgan fingerprint density at radius 2 is 1.82 bits per heavy atom. The van der Waals surface area contributed by atoms with Crippen molar-refractivity contribution >= 4 is 10.0 Å². The van der Waals surface area contributed by atoms with Gasteiger partial charge in [-0.2, -0.15) is 0 Å². The van der Waals surface area contributed by atoms with Crippen LogP contribution in [-0.2, 0) is 10.0 Å². The lowest BCUT2D eigenvalue weighted by molar-refractivity contribution is 0.344. The Labute approximate surface area is 105 Å². The molecule has 1 aliphatic heterocycles. The zero-order valence-corrected chi connectivity index (χ0v) is 11.4. The smallest absolute Gasteiger partial charge is 0.214 e. The molecule has 100 valence electrons. The lowest BCUT2D eigenvalue weighted by atomic mass is 9.99. The molecule has 2 atom stereocenters. The minimum atomic E-state index is -3.10. The van der Waals surface area contributed by atoms with E-state index in [9.17, 15) is 8.42 Å². The maximum Gasteiger partial charge on any atom is 0.214 e. The lowest BCUT2D eigenvalue weighted by Crippen LogP contribution is -2.50. The van der Waals surface area contributed by atoms with Gasteiger partial charge in [-0.05, 0) is 31.7 Å². The molecule has 2 rings (SSSR count). The Kier molecular flexibility index (Phi) is 4.44. The fourth-order valence-electron chi connectivity index (χ4n) is 2.95. The standard InChI is InChI=1S/C12H24N2O2S/c1-10-7-11(9-13-8-10)14-17(15,16)12-5-3-2-4-6-12/h10-14H,2-9H2,1H3. The highest BCUT2D eigenvalue weighted by molar-refractivity contribution is 7.90. The largest absolute Gasteiger partial charge is 0.315 e. The number of hydrogen-bond donors (Lipinski definition) is 2. The van der Waals surface area contributed by atoms with Crippen LogP contribution in [0.1, 0.15) is 45.4 Å². The summed E-state index contributed by atoms with van der Waals surface area (Å²) in [6.07, 6.45) is 5.94. The molecule has 1 saturated heterocycles. The van der Waals surface area contributed by atoms with Crippen LogP contribution in [0.3, 0.4) is 0 Å². The number of nitrogens with one attached hydrogen (secondary N) is 2. The normalized spacial score (nSPS) is 32.5. The highest BCUT2D eigenvalue weighted by atomic mass is 32.2. The summed E-state index contributed by atoms with van der Waals surface area (Å²) in [5.74, 6) is 0.558. The molecule has 1 saturated carbocycles. The van der Waals surface area contributed by atoms with E-state index in [2.05, 4.69) is 17.0 Å². The van der Waals surface area contributed by atoms with Crippen LogP contribution >= 0.6 is 0 Å². The summed E-state index contributed by atoms with van der Waals surface area (Å²) in [6.45, 7) is 3.94. The first kappa shape index (κ1) is 13.3. The van der Waals surface area contributed by atoms with Crippen molar-refractivity contribution in [1.29, 1.82) is 0 Å². The molecule has 5 heteroatoms. The summed E-state index contributed by atoms with van der Waals surface area (Å²) in [4.78, 5) is 0. The molecule has 2 fully saturated rings. The maximum atomic E-state index is 12.2. The third-order valence-electron chi connectivity index (χ3n) is 3.89. The Morgan fingerprint density at radius 1 is 1.12 bits per heavy atom. The van der Waals surface area contributed by atoms with Gasteiger partial charge in [-0.1, -0.05) is 26.2 Å². The van der Waals surface area contributed by atoms with E-state index >= 15 is 0 Å². The van der Waals surface area contributed by atoms with E-state index in [0.29, 0.717) is 5.92 Å². The van der Waals surface area contributed by atoms with Crippen LogP contribution in [0.4, 0.5) is 0 Å². The van der Waals surface area contributed by atoms with Gasteiger partial charge in [-0.3, -0.25) is 0 Å². The van der Waals surface area contributed by atoms with Gasteiger partial charge < -0.3 is 5.32 Å². The van der Waals surface area contributed by atoms with Gasteiger partial charge in [0.2, 0.25) is 10.0 Å². The highest BCUT2D eigenvalue weighted by Crippen LogP contribution is 2.23. The topological polar surface area (TPSA) is 58.2 Å². The van der Waals surface area contributed by atoms with Crippen molar-refractivity contribution < 1.29 is 8.42 Å². The van der Waals surface area contributed by atoms with E-state index in [-0.39, 0.29) is 11.3 Å². The number of rotatable bonds is 3. The summed E-state index contributed by atoms with van der Waals surface area (Å²) in [6, 6.07) is 0.0886. The van der Waals surface area contributed by atoms with Crippen molar-refractivity contribution in [3.63, 3.8) is 0 Å². The van der Waals surface area contributed by atoms with Crippen LogP contribution in [0, 0.1) is 5.92 Å². The van der Waals surface area contributed by atoms with E-state index in [0.717, 1.165) is 45.2 Å². The minimum absolute atomic E-state index is 0.0886. The number of hydrogen-bond acceptors (Lipinski definition) is 3. The van der Waals surface area contributed by atoms with Crippen molar-refractivity contribution in [1.82, 2.24) is 10.0 Å². The van der Waals surface area contributed by atoms with E-state index in [1.807, 2.05) is 0 Å². The van der Waals surface area contributed by atoms with Crippen molar-refractivity contribution in [2.24, 2.45) is 5.92 Å². The van der Waals surface area contributed by atoms with Crippen LogP contribution in [0.15, 0.2) is 0 Å². The minimum Gasteiger partial charge on any atom is -0.315 e. The van der Waals surface area contributed by atoms with Gasteiger partial charge in [0, 0.05) is 12.6 Å². The molecular formula is C12H24N2O2S. The van der Waals surface area contributed by atoms with Crippen molar-refractivity contribution in [2.45, 2.75) is 56.7 Å². The molecule has 0 radical (unpaired) electrons. The molecular weight excluding hydrogens is 236 g/mol. The molecule has 0 spiro atoms. The van der Waals surface area contributed by atoms with Gasteiger partial charge in [0.05, 0.1) is 5.25 Å². The van der Waals surface area contributed by atoms with Crippen LogP contribution in [0.25, 0.3) is 0 Å². The molecule has 0 aromatic heterocycles. The Hall–Kier alpha value is -0.130. The molecule has 0 aromatic rings. The first-order valence-electron chi connectivity index (χ1n) is 6.80. The second kappa shape index (κ2) is 5.67. The molecule has 0 bridgehead atoms. The predicted molar refractivity (Wildman–Crippen MR) is 69.4 cm³/mol. The van der Waals surface area contributed by atoms with Crippen LogP contribution in [-0.4, -0.2) is 32.8 Å². The molecule has 17 heavy (non-hydrogen) atoms.